The zero-order valence-electron chi connectivity index (χ0n) is 12.5. The van der Waals surface area contributed by atoms with Crippen molar-refractivity contribution in [3.63, 3.8) is 0 Å². The number of ether oxygens (including phenoxy) is 1. The molecule has 1 saturated carbocycles. The Morgan fingerprint density at radius 2 is 2.17 bits per heavy atom. The number of amides is 1. The number of hydrogen-bond donors (Lipinski definition) is 3. The van der Waals surface area contributed by atoms with Crippen LogP contribution < -0.4 is 5.32 Å². The Balaban J connectivity index is 1.63. The molecule has 2 aromatic rings. The number of halogens is 1. The Kier molecular flexibility index (Phi) is 3.69. The van der Waals surface area contributed by atoms with Crippen LogP contribution in [0.2, 0.25) is 0 Å². The van der Waals surface area contributed by atoms with Gasteiger partial charge in [0.25, 0.3) is 5.91 Å². The van der Waals surface area contributed by atoms with E-state index in [1.165, 1.54) is 12.1 Å². The minimum absolute atomic E-state index is 0.0870. The van der Waals surface area contributed by atoms with Gasteiger partial charge in [-0.15, -0.1) is 0 Å². The molecule has 0 spiro atoms. The number of nitrogens with one attached hydrogen (secondary N) is 3. The molecule has 122 valence electrons. The van der Waals surface area contributed by atoms with Crippen molar-refractivity contribution in [2.75, 3.05) is 6.61 Å². The fraction of sp³-hybridized carbons (Fsp3) is 0.500. The summed E-state index contributed by atoms with van der Waals surface area (Å²) in [7, 11) is 0. The molecule has 1 saturated heterocycles. The molecule has 3 atom stereocenters. The number of aromatic amines is 2. The van der Waals surface area contributed by atoms with Crippen LogP contribution in [0.3, 0.4) is 0 Å². The van der Waals surface area contributed by atoms with Gasteiger partial charge in [-0.2, -0.15) is 0 Å². The number of aromatic nitrogens is 2. The fourth-order valence-electron chi connectivity index (χ4n) is 3.89. The fourth-order valence-corrected chi connectivity index (χ4v) is 4.10. The normalized spacial score (nSPS) is 27.1. The first-order valence-electron chi connectivity index (χ1n) is 7.96. The third kappa shape index (κ3) is 2.68. The van der Waals surface area contributed by atoms with Crippen LogP contribution in [0, 0.1) is 16.5 Å². The molecule has 0 bridgehead atoms. The van der Waals surface area contributed by atoms with Crippen LogP contribution in [-0.4, -0.2) is 34.6 Å². The summed E-state index contributed by atoms with van der Waals surface area (Å²) in [5.74, 6) is -0.364. The van der Waals surface area contributed by atoms with Crippen molar-refractivity contribution in [3.05, 3.63) is 28.3 Å². The van der Waals surface area contributed by atoms with Gasteiger partial charge in [-0.05, 0) is 50.0 Å². The maximum absolute atomic E-state index is 13.8. The summed E-state index contributed by atoms with van der Waals surface area (Å²) in [5, 5.41) is 3.08. The van der Waals surface area contributed by atoms with Gasteiger partial charge in [0.05, 0.1) is 22.7 Å². The highest BCUT2D eigenvalue weighted by Gasteiger charge is 2.38. The standard InChI is InChI=1S/C16H18FN3O2S/c17-8-6-10(14-12(7-8)19-16(23)20-14)15(21)18-11-2-1-3-13-9(11)4-5-22-13/h6-7,9,11,13H,1-5H2,(H,18,21)(H2,19,20,23). The topological polar surface area (TPSA) is 69.9 Å². The zero-order valence-corrected chi connectivity index (χ0v) is 13.3. The molecular weight excluding hydrogens is 317 g/mol. The van der Waals surface area contributed by atoms with Crippen LogP contribution in [-0.2, 0) is 4.74 Å². The minimum atomic E-state index is -0.460. The van der Waals surface area contributed by atoms with Gasteiger partial charge in [-0.25, -0.2) is 4.39 Å². The van der Waals surface area contributed by atoms with Crippen LogP contribution in [0.1, 0.15) is 36.0 Å². The first-order chi connectivity index (χ1) is 11.1. The third-order valence-corrected chi connectivity index (χ3v) is 5.14. The summed E-state index contributed by atoms with van der Waals surface area (Å²) in [6.45, 7) is 0.761. The highest BCUT2D eigenvalue weighted by atomic mass is 32.1. The van der Waals surface area contributed by atoms with Crippen molar-refractivity contribution < 1.29 is 13.9 Å². The van der Waals surface area contributed by atoms with Crippen molar-refractivity contribution in [1.82, 2.24) is 15.3 Å². The number of imidazole rings is 1. The average Bonchev–Trinajstić information content (AvgIpc) is 3.12. The van der Waals surface area contributed by atoms with E-state index in [1.807, 2.05) is 0 Å². The van der Waals surface area contributed by atoms with Gasteiger partial charge in [0, 0.05) is 18.6 Å². The van der Waals surface area contributed by atoms with Gasteiger partial charge in [-0.3, -0.25) is 4.79 Å². The van der Waals surface area contributed by atoms with E-state index in [0.29, 0.717) is 21.7 Å². The maximum atomic E-state index is 13.8. The summed E-state index contributed by atoms with van der Waals surface area (Å²) in [6, 6.07) is 2.67. The van der Waals surface area contributed by atoms with E-state index in [9.17, 15) is 9.18 Å². The summed E-state index contributed by atoms with van der Waals surface area (Å²) in [6.07, 6.45) is 4.27. The van der Waals surface area contributed by atoms with Crippen molar-refractivity contribution in [3.8, 4) is 0 Å². The Morgan fingerprint density at radius 3 is 3.04 bits per heavy atom. The molecule has 1 amide bonds. The SMILES string of the molecule is O=C(NC1CCCC2OCCC12)c1cc(F)cc2[nH]c(=S)[nH]c12. The number of fused-ring (bicyclic) bond motifs is 2. The van der Waals surface area contributed by atoms with E-state index in [1.54, 1.807) is 0 Å². The molecule has 3 unspecified atom stereocenters. The second kappa shape index (κ2) is 5.72. The highest BCUT2D eigenvalue weighted by molar-refractivity contribution is 7.71. The average molecular weight is 335 g/mol. The van der Waals surface area contributed by atoms with Crippen LogP contribution in [0.5, 0.6) is 0 Å². The molecule has 1 aromatic carbocycles. The van der Waals surface area contributed by atoms with E-state index in [-0.39, 0.29) is 23.6 Å². The van der Waals surface area contributed by atoms with Gasteiger partial charge >= 0.3 is 0 Å². The van der Waals surface area contributed by atoms with Gasteiger partial charge in [-0.1, -0.05) is 0 Å². The Labute approximate surface area is 137 Å². The first kappa shape index (κ1) is 14.8. The summed E-state index contributed by atoms with van der Waals surface area (Å²) in [4.78, 5) is 18.5. The molecule has 23 heavy (non-hydrogen) atoms. The van der Waals surface area contributed by atoms with Gasteiger partial charge < -0.3 is 20.0 Å². The van der Waals surface area contributed by atoms with Gasteiger partial charge in [0.2, 0.25) is 0 Å². The maximum Gasteiger partial charge on any atom is 0.253 e. The van der Waals surface area contributed by atoms with Crippen molar-refractivity contribution in [1.29, 1.82) is 0 Å². The Morgan fingerprint density at radius 1 is 1.30 bits per heavy atom. The van der Waals surface area contributed by atoms with Crippen molar-refractivity contribution in [2.45, 2.75) is 37.8 Å². The Hall–Kier alpha value is -1.73. The highest BCUT2D eigenvalue weighted by Crippen LogP contribution is 2.34. The summed E-state index contributed by atoms with van der Waals surface area (Å²) in [5.41, 5.74) is 1.34. The van der Waals surface area contributed by atoms with E-state index in [2.05, 4.69) is 15.3 Å². The number of benzene rings is 1. The van der Waals surface area contributed by atoms with Crippen LogP contribution >= 0.6 is 12.2 Å². The molecule has 5 nitrogen and oxygen atoms in total. The zero-order chi connectivity index (χ0) is 16.0. The lowest BCUT2D eigenvalue weighted by atomic mass is 9.81. The molecule has 3 N–H and O–H groups in total. The van der Waals surface area contributed by atoms with Gasteiger partial charge in [0.1, 0.15) is 5.82 Å². The van der Waals surface area contributed by atoms with Crippen LogP contribution in [0.25, 0.3) is 11.0 Å². The quantitative estimate of drug-likeness (QED) is 0.739. The lowest BCUT2D eigenvalue weighted by Gasteiger charge is -2.33. The molecule has 7 heteroatoms. The summed E-state index contributed by atoms with van der Waals surface area (Å²) < 4.78 is 19.9. The monoisotopic (exact) mass is 335 g/mol. The predicted octanol–water partition coefficient (Wildman–Crippen LogP) is 3.05. The molecule has 1 aliphatic heterocycles. The Bertz CT molecular complexity index is 815. The second-order valence-corrected chi connectivity index (χ2v) is 6.74. The van der Waals surface area contributed by atoms with E-state index in [4.69, 9.17) is 17.0 Å². The smallest absolute Gasteiger partial charge is 0.253 e. The number of H-pyrrole nitrogens is 2. The molecule has 2 aliphatic rings. The molecule has 1 aliphatic carbocycles. The molecule has 0 radical (unpaired) electrons. The number of carbonyl (C=O) groups is 1. The van der Waals surface area contributed by atoms with Crippen molar-refractivity contribution >= 4 is 29.2 Å². The predicted molar refractivity (Wildman–Crippen MR) is 86.4 cm³/mol. The lowest BCUT2D eigenvalue weighted by molar-refractivity contribution is 0.0510. The van der Waals surface area contributed by atoms with E-state index < -0.39 is 5.82 Å². The number of hydrogen-bond acceptors (Lipinski definition) is 3. The third-order valence-electron chi connectivity index (χ3n) is 4.93. The molecular formula is C16H18FN3O2S. The lowest BCUT2D eigenvalue weighted by Crippen LogP contribution is -2.45. The van der Waals surface area contributed by atoms with Crippen LogP contribution in [0.4, 0.5) is 4.39 Å². The molecule has 1 aromatic heterocycles. The number of carbonyl (C=O) groups excluding carboxylic acids is 1. The van der Waals surface area contributed by atoms with E-state index in [0.717, 1.165) is 32.3 Å². The summed E-state index contributed by atoms with van der Waals surface area (Å²) >= 11 is 5.04. The molecule has 2 fully saturated rings. The second-order valence-electron chi connectivity index (χ2n) is 6.33. The first-order valence-corrected chi connectivity index (χ1v) is 8.36. The molecule has 4 rings (SSSR count). The molecule has 2 heterocycles. The minimum Gasteiger partial charge on any atom is -0.378 e. The van der Waals surface area contributed by atoms with E-state index >= 15 is 0 Å². The van der Waals surface area contributed by atoms with Crippen LogP contribution in [0.15, 0.2) is 12.1 Å². The van der Waals surface area contributed by atoms with Crippen molar-refractivity contribution in [2.24, 2.45) is 5.92 Å². The largest absolute Gasteiger partial charge is 0.378 e. The van der Waals surface area contributed by atoms with Gasteiger partial charge in [0.15, 0.2) is 4.77 Å². The number of rotatable bonds is 2.